The molecule has 2 N–H and O–H groups in total. The summed E-state index contributed by atoms with van der Waals surface area (Å²) >= 11 is 0. The second-order valence-electron chi connectivity index (χ2n) is 14.2. The van der Waals surface area contributed by atoms with E-state index in [0.29, 0.717) is 16.7 Å². The largest absolute Gasteiger partial charge is 0.396 e. The molecule has 198 valence electrons. The van der Waals surface area contributed by atoms with Gasteiger partial charge in [-0.15, -0.1) is 0 Å². The van der Waals surface area contributed by atoms with Crippen molar-refractivity contribution in [2.75, 3.05) is 6.61 Å². The average molecular weight is 477 g/mol. The molecule has 0 saturated heterocycles. The van der Waals surface area contributed by atoms with Gasteiger partial charge in [-0.3, -0.25) is 5.26 Å². The monoisotopic (exact) mass is 476 g/mol. The van der Waals surface area contributed by atoms with Crippen molar-refractivity contribution in [3.63, 3.8) is 0 Å². The van der Waals surface area contributed by atoms with Gasteiger partial charge in [-0.25, -0.2) is 4.89 Å². The van der Waals surface area contributed by atoms with Crippen molar-refractivity contribution in [2.45, 2.75) is 131 Å². The fourth-order valence-corrected chi connectivity index (χ4v) is 10.3. The summed E-state index contributed by atoms with van der Waals surface area (Å²) in [5.41, 5.74) is 1.07. The van der Waals surface area contributed by atoms with Crippen LogP contribution in [0.4, 0.5) is 0 Å². The van der Waals surface area contributed by atoms with Crippen LogP contribution >= 0.6 is 0 Å². The molecule has 34 heavy (non-hydrogen) atoms. The van der Waals surface area contributed by atoms with Crippen molar-refractivity contribution in [1.82, 2.24) is 0 Å². The molecule has 3 nitrogen and oxygen atoms in total. The third kappa shape index (κ3) is 5.01. The number of rotatable bonds is 10. The SMILES string of the molecule is CC(C)CCCC(C)C1CCC2C3CCC4CC(C(CCCO)OO)CCC4(C)C3CCC12C. The summed E-state index contributed by atoms with van der Waals surface area (Å²) in [4.78, 5) is 4.95. The van der Waals surface area contributed by atoms with Crippen molar-refractivity contribution in [3.05, 3.63) is 0 Å². The van der Waals surface area contributed by atoms with Gasteiger partial charge in [0, 0.05) is 6.61 Å². The molecule has 0 heterocycles. The predicted molar refractivity (Wildman–Crippen MR) is 140 cm³/mol. The summed E-state index contributed by atoms with van der Waals surface area (Å²) in [7, 11) is 0. The van der Waals surface area contributed by atoms with Crippen molar-refractivity contribution >= 4 is 0 Å². The lowest BCUT2D eigenvalue weighted by atomic mass is 9.43. The van der Waals surface area contributed by atoms with Gasteiger partial charge in [0.05, 0.1) is 6.10 Å². The summed E-state index contributed by atoms with van der Waals surface area (Å²) in [6.45, 7) is 12.9. The molecule has 3 heteroatoms. The highest BCUT2D eigenvalue weighted by Crippen LogP contribution is 2.68. The fraction of sp³-hybridized carbons (Fsp3) is 1.00. The maximum Gasteiger partial charge on any atom is 0.0956 e. The zero-order valence-corrected chi connectivity index (χ0v) is 23.1. The van der Waals surface area contributed by atoms with Gasteiger partial charge in [0.1, 0.15) is 0 Å². The van der Waals surface area contributed by atoms with Crippen LogP contribution < -0.4 is 0 Å². The van der Waals surface area contributed by atoms with Gasteiger partial charge < -0.3 is 5.11 Å². The van der Waals surface area contributed by atoms with E-state index in [1.807, 2.05) is 0 Å². The maximum atomic E-state index is 9.55. The normalized spacial score (nSPS) is 43.8. The van der Waals surface area contributed by atoms with Gasteiger partial charge in [-0.2, -0.15) is 0 Å². The Bertz CT molecular complexity index is 649. The molecule has 4 aliphatic rings. The van der Waals surface area contributed by atoms with Gasteiger partial charge >= 0.3 is 0 Å². The smallest absolute Gasteiger partial charge is 0.0956 e. The molecular weight excluding hydrogens is 420 g/mol. The molecule has 0 aromatic rings. The molecule has 4 rings (SSSR count). The fourth-order valence-electron chi connectivity index (χ4n) is 10.3. The highest BCUT2D eigenvalue weighted by atomic mass is 17.1. The first-order valence-electron chi connectivity index (χ1n) is 15.2. The zero-order valence-electron chi connectivity index (χ0n) is 23.1. The molecule has 10 unspecified atom stereocenters. The van der Waals surface area contributed by atoms with Crippen LogP contribution in [0.15, 0.2) is 0 Å². The Balaban J connectivity index is 1.41. The summed E-state index contributed by atoms with van der Waals surface area (Å²) in [5, 5.41) is 18.8. The van der Waals surface area contributed by atoms with Crippen LogP contribution in [-0.2, 0) is 4.89 Å². The van der Waals surface area contributed by atoms with E-state index >= 15 is 0 Å². The molecule has 4 aliphatic carbocycles. The molecule has 0 amide bonds. The van der Waals surface area contributed by atoms with E-state index in [2.05, 4.69) is 34.6 Å². The molecule has 0 aromatic carbocycles. The van der Waals surface area contributed by atoms with Crippen LogP contribution in [0.5, 0.6) is 0 Å². The molecule has 0 aliphatic heterocycles. The van der Waals surface area contributed by atoms with Gasteiger partial charge in [-0.05, 0) is 129 Å². The predicted octanol–water partition coefficient (Wildman–Crippen LogP) is 8.35. The Morgan fingerprint density at radius 1 is 0.824 bits per heavy atom. The van der Waals surface area contributed by atoms with E-state index in [-0.39, 0.29) is 12.7 Å². The lowest BCUT2D eigenvalue weighted by molar-refractivity contribution is -0.297. The molecule has 4 fully saturated rings. The standard InChI is InChI=1S/C31H56O3/c1-21(2)8-6-9-22(3)26-13-14-27-25-12-11-24-20-23(29(34-33)10-7-19-32)15-17-30(24,4)28(25)16-18-31(26,27)5/h21-29,32-33H,6-20H2,1-5H3. The van der Waals surface area contributed by atoms with Crippen molar-refractivity contribution in [3.8, 4) is 0 Å². The van der Waals surface area contributed by atoms with Crippen LogP contribution in [0, 0.1) is 58.2 Å². The first kappa shape index (κ1) is 26.9. The Kier molecular flexibility index (Phi) is 8.79. The van der Waals surface area contributed by atoms with Crippen LogP contribution in [0.3, 0.4) is 0 Å². The van der Waals surface area contributed by atoms with E-state index in [1.165, 1.54) is 77.0 Å². The Labute approximate surface area is 210 Å². The molecule has 0 spiro atoms. The molecule has 0 bridgehead atoms. The van der Waals surface area contributed by atoms with Gasteiger partial charge in [0.15, 0.2) is 0 Å². The third-order valence-electron chi connectivity index (χ3n) is 12.2. The van der Waals surface area contributed by atoms with E-state index in [0.717, 1.165) is 54.3 Å². The Morgan fingerprint density at radius 2 is 1.56 bits per heavy atom. The second-order valence-corrected chi connectivity index (χ2v) is 14.2. The molecule has 10 atom stereocenters. The summed E-state index contributed by atoms with van der Waals surface area (Å²) < 4.78 is 0. The maximum absolute atomic E-state index is 9.55. The van der Waals surface area contributed by atoms with Gasteiger partial charge in [-0.1, -0.05) is 53.9 Å². The van der Waals surface area contributed by atoms with E-state index in [9.17, 15) is 10.4 Å². The first-order valence-corrected chi connectivity index (χ1v) is 15.2. The van der Waals surface area contributed by atoms with Crippen LogP contribution in [0.25, 0.3) is 0 Å². The van der Waals surface area contributed by atoms with Crippen LogP contribution in [0.1, 0.15) is 125 Å². The van der Waals surface area contributed by atoms with E-state index in [1.54, 1.807) is 0 Å². The zero-order chi connectivity index (χ0) is 24.5. The van der Waals surface area contributed by atoms with Gasteiger partial charge in [0.25, 0.3) is 0 Å². The number of fused-ring (bicyclic) bond motifs is 5. The average Bonchev–Trinajstić information content (AvgIpc) is 3.16. The summed E-state index contributed by atoms with van der Waals surface area (Å²) in [6, 6.07) is 0. The third-order valence-corrected chi connectivity index (χ3v) is 12.2. The van der Waals surface area contributed by atoms with Gasteiger partial charge in [0.2, 0.25) is 0 Å². The number of aliphatic hydroxyl groups is 1. The number of aliphatic hydroxyl groups excluding tert-OH is 1. The molecule has 0 aromatic heterocycles. The molecule has 0 radical (unpaired) electrons. The first-order chi connectivity index (χ1) is 16.2. The lowest BCUT2D eigenvalue weighted by Crippen LogP contribution is -2.54. The molecule has 4 saturated carbocycles. The summed E-state index contributed by atoms with van der Waals surface area (Å²) in [6.07, 6.45) is 18.1. The topological polar surface area (TPSA) is 49.7 Å². The minimum atomic E-state index is -0.0863. The Hall–Kier alpha value is -0.120. The van der Waals surface area contributed by atoms with Crippen LogP contribution in [0.2, 0.25) is 0 Å². The highest BCUT2D eigenvalue weighted by Gasteiger charge is 2.60. The van der Waals surface area contributed by atoms with E-state index in [4.69, 9.17) is 4.89 Å². The highest BCUT2D eigenvalue weighted by molar-refractivity contribution is 5.10. The summed E-state index contributed by atoms with van der Waals surface area (Å²) in [5.74, 6) is 6.74. The second kappa shape index (κ2) is 11.1. The van der Waals surface area contributed by atoms with Crippen molar-refractivity contribution < 1.29 is 15.3 Å². The minimum Gasteiger partial charge on any atom is -0.396 e. The van der Waals surface area contributed by atoms with Crippen LogP contribution in [-0.4, -0.2) is 23.1 Å². The minimum absolute atomic E-state index is 0.0863. The van der Waals surface area contributed by atoms with Crippen molar-refractivity contribution in [1.29, 1.82) is 0 Å². The molecular formula is C31H56O3. The quantitative estimate of drug-likeness (QED) is 0.246. The van der Waals surface area contributed by atoms with E-state index < -0.39 is 0 Å². The Morgan fingerprint density at radius 3 is 2.26 bits per heavy atom. The lowest BCUT2D eigenvalue weighted by Gasteiger charge is -2.61. The number of hydrogen-bond donors (Lipinski definition) is 2. The number of hydrogen-bond acceptors (Lipinski definition) is 3. The van der Waals surface area contributed by atoms with Crippen molar-refractivity contribution in [2.24, 2.45) is 58.2 Å².